The second-order valence-electron chi connectivity index (χ2n) is 7.05. The standard InChI is InChI=1S/C21H27ClFN5O/c1-15-14-28(11-12-29-15)19(20-17(22)6-4-7-18(20)23)13-27-21(24)26-10-8-16-5-2-3-9-25-16/h2-7,9,15,19H,8,10-14H2,1H3,(H3,24,26,27). The van der Waals surface area contributed by atoms with Gasteiger partial charge >= 0.3 is 0 Å². The van der Waals surface area contributed by atoms with Crippen molar-refractivity contribution in [1.29, 1.82) is 0 Å². The summed E-state index contributed by atoms with van der Waals surface area (Å²) in [6.07, 6.45) is 2.56. The molecule has 8 heteroatoms. The van der Waals surface area contributed by atoms with Crippen LogP contribution in [0.1, 0.15) is 24.2 Å². The molecule has 2 atom stereocenters. The van der Waals surface area contributed by atoms with E-state index in [1.165, 1.54) is 6.07 Å². The Hall–Kier alpha value is -2.22. The highest BCUT2D eigenvalue weighted by Crippen LogP contribution is 2.31. The second kappa shape index (κ2) is 10.5. The predicted molar refractivity (Wildman–Crippen MR) is 114 cm³/mol. The largest absolute Gasteiger partial charge is 0.376 e. The van der Waals surface area contributed by atoms with Crippen molar-refractivity contribution in [2.75, 3.05) is 32.8 Å². The van der Waals surface area contributed by atoms with Crippen molar-refractivity contribution < 1.29 is 9.13 Å². The van der Waals surface area contributed by atoms with Crippen LogP contribution in [0.15, 0.2) is 47.6 Å². The number of nitrogens with zero attached hydrogens (tertiary/aromatic N) is 3. The molecular weight excluding hydrogens is 393 g/mol. The summed E-state index contributed by atoms with van der Waals surface area (Å²) < 4.78 is 20.3. The number of benzene rings is 1. The summed E-state index contributed by atoms with van der Waals surface area (Å²) in [5.74, 6) is -0.0155. The molecule has 6 nitrogen and oxygen atoms in total. The fraction of sp³-hybridized carbons (Fsp3) is 0.429. The van der Waals surface area contributed by atoms with Gasteiger partial charge in [0, 0.05) is 48.5 Å². The molecule has 29 heavy (non-hydrogen) atoms. The Bertz CT molecular complexity index is 800. The van der Waals surface area contributed by atoms with Crippen molar-refractivity contribution in [3.8, 4) is 0 Å². The van der Waals surface area contributed by atoms with Crippen LogP contribution in [-0.2, 0) is 11.2 Å². The Morgan fingerprint density at radius 1 is 1.41 bits per heavy atom. The third-order valence-electron chi connectivity index (χ3n) is 4.89. The zero-order valence-corrected chi connectivity index (χ0v) is 17.3. The number of morpholine rings is 1. The smallest absolute Gasteiger partial charge is 0.188 e. The van der Waals surface area contributed by atoms with Crippen LogP contribution in [0.3, 0.4) is 0 Å². The van der Waals surface area contributed by atoms with Gasteiger partial charge in [-0.25, -0.2) is 4.39 Å². The third-order valence-corrected chi connectivity index (χ3v) is 5.22. The minimum atomic E-state index is -0.335. The molecule has 1 aromatic carbocycles. The van der Waals surface area contributed by atoms with E-state index in [0.29, 0.717) is 49.3 Å². The molecule has 156 valence electrons. The Balaban J connectivity index is 1.68. The van der Waals surface area contributed by atoms with Crippen LogP contribution in [-0.4, -0.2) is 54.7 Å². The molecule has 2 unspecified atom stereocenters. The topological polar surface area (TPSA) is 75.8 Å². The monoisotopic (exact) mass is 419 g/mol. The van der Waals surface area contributed by atoms with Gasteiger partial charge in [-0.3, -0.25) is 14.9 Å². The van der Waals surface area contributed by atoms with Gasteiger partial charge in [0.25, 0.3) is 0 Å². The normalized spacial score (nSPS) is 19.1. The van der Waals surface area contributed by atoms with E-state index in [1.807, 2.05) is 25.1 Å². The number of halogens is 2. The van der Waals surface area contributed by atoms with Gasteiger partial charge in [0.05, 0.1) is 25.3 Å². The van der Waals surface area contributed by atoms with Crippen molar-refractivity contribution in [2.24, 2.45) is 10.7 Å². The minimum Gasteiger partial charge on any atom is -0.376 e. The van der Waals surface area contributed by atoms with E-state index < -0.39 is 0 Å². The summed E-state index contributed by atoms with van der Waals surface area (Å²) in [5, 5.41) is 3.49. The summed E-state index contributed by atoms with van der Waals surface area (Å²) in [6.45, 7) is 4.87. The zero-order valence-electron chi connectivity index (χ0n) is 16.5. The number of pyridine rings is 1. The van der Waals surface area contributed by atoms with E-state index in [0.717, 1.165) is 12.1 Å². The van der Waals surface area contributed by atoms with Gasteiger partial charge in [-0.2, -0.15) is 0 Å². The summed E-state index contributed by atoms with van der Waals surface area (Å²) in [5.41, 5.74) is 7.48. The maximum absolute atomic E-state index is 14.6. The Morgan fingerprint density at radius 3 is 3.00 bits per heavy atom. The quantitative estimate of drug-likeness (QED) is 0.533. The Kier molecular flexibility index (Phi) is 7.80. The second-order valence-corrected chi connectivity index (χ2v) is 7.46. The van der Waals surface area contributed by atoms with Crippen LogP contribution in [0.5, 0.6) is 0 Å². The maximum atomic E-state index is 14.6. The fourth-order valence-corrected chi connectivity index (χ4v) is 3.74. The number of hydrogen-bond donors (Lipinski definition) is 2. The van der Waals surface area contributed by atoms with Gasteiger partial charge in [-0.1, -0.05) is 23.7 Å². The molecular formula is C21H27ClFN5O. The molecule has 0 amide bonds. The summed E-state index contributed by atoms with van der Waals surface area (Å²) in [6, 6.07) is 10.2. The zero-order chi connectivity index (χ0) is 20.6. The molecule has 1 fully saturated rings. The molecule has 0 aliphatic carbocycles. The van der Waals surface area contributed by atoms with Gasteiger partial charge in [-0.15, -0.1) is 0 Å². The van der Waals surface area contributed by atoms with Crippen molar-refractivity contribution in [2.45, 2.75) is 25.5 Å². The van der Waals surface area contributed by atoms with Crippen molar-refractivity contribution in [3.05, 3.63) is 64.7 Å². The molecule has 1 aromatic heterocycles. The number of guanidine groups is 1. The number of rotatable bonds is 7. The highest BCUT2D eigenvalue weighted by molar-refractivity contribution is 6.31. The average Bonchev–Trinajstić information content (AvgIpc) is 2.71. The lowest BCUT2D eigenvalue weighted by atomic mass is 10.0. The highest BCUT2D eigenvalue weighted by atomic mass is 35.5. The molecule has 3 N–H and O–H groups in total. The molecule has 1 aliphatic heterocycles. The van der Waals surface area contributed by atoms with Crippen LogP contribution in [0.25, 0.3) is 0 Å². The van der Waals surface area contributed by atoms with Gasteiger partial charge in [0.15, 0.2) is 5.96 Å². The number of aromatic nitrogens is 1. The van der Waals surface area contributed by atoms with E-state index in [9.17, 15) is 4.39 Å². The molecule has 2 aromatic rings. The molecule has 0 spiro atoms. The first kappa shape index (κ1) is 21.5. The highest BCUT2D eigenvalue weighted by Gasteiger charge is 2.29. The first-order valence-corrected chi connectivity index (χ1v) is 10.2. The van der Waals surface area contributed by atoms with E-state index in [4.69, 9.17) is 22.1 Å². The molecule has 0 bridgehead atoms. The summed E-state index contributed by atoms with van der Waals surface area (Å²) in [4.78, 5) is 10.9. The van der Waals surface area contributed by atoms with Crippen LogP contribution in [0.2, 0.25) is 5.02 Å². The third kappa shape index (κ3) is 6.13. The Labute approximate surface area is 175 Å². The van der Waals surface area contributed by atoms with Crippen LogP contribution < -0.4 is 11.1 Å². The van der Waals surface area contributed by atoms with E-state index in [-0.39, 0.29) is 18.0 Å². The van der Waals surface area contributed by atoms with E-state index in [1.54, 1.807) is 18.3 Å². The number of ether oxygens (including phenoxy) is 1. The molecule has 2 heterocycles. The fourth-order valence-electron chi connectivity index (χ4n) is 3.45. The lowest BCUT2D eigenvalue weighted by Gasteiger charge is -2.37. The first-order valence-electron chi connectivity index (χ1n) is 9.78. The minimum absolute atomic E-state index is 0.0645. The van der Waals surface area contributed by atoms with Gasteiger partial charge in [-0.05, 0) is 31.2 Å². The first-order chi connectivity index (χ1) is 14.0. The van der Waals surface area contributed by atoms with Crippen LogP contribution in [0.4, 0.5) is 4.39 Å². The molecule has 3 rings (SSSR count). The number of nitrogens with one attached hydrogen (secondary N) is 1. The average molecular weight is 420 g/mol. The van der Waals surface area contributed by atoms with E-state index >= 15 is 0 Å². The number of hydrogen-bond acceptors (Lipinski definition) is 4. The lowest BCUT2D eigenvalue weighted by Crippen LogP contribution is -2.44. The molecule has 0 saturated carbocycles. The van der Waals surface area contributed by atoms with Crippen molar-refractivity contribution in [3.63, 3.8) is 0 Å². The van der Waals surface area contributed by atoms with Gasteiger partial charge < -0.3 is 15.8 Å². The lowest BCUT2D eigenvalue weighted by molar-refractivity contribution is -0.0336. The van der Waals surface area contributed by atoms with E-state index in [2.05, 4.69) is 20.2 Å². The van der Waals surface area contributed by atoms with Gasteiger partial charge in [0.1, 0.15) is 5.82 Å². The molecule has 0 radical (unpaired) electrons. The maximum Gasteiger partial charge on any atom is 0.188 e. The Morgan fingerprint density at radius 2 is 2.28 bits per heavy atom. The van der Waals surface area contributed by atoms with Crippen LogP contribution >= 0.6 is 11.6 Å². The van der Waals surface area contributed by atoms with Crippen molar-refractivity contribution >= 4 is 17.6 Å². The SMILES string of the molecule is CC1CN(C(CN=C(N)NCCc2ccccn2)c2c(F)cccc2Cl)CCO1. The summed E-state index contributed by atoms with van der Waals surface area (Å²) >= 11 is 6.35. The summed E-state index contributed by atoms with van der Waals surface area (Å²) in [7, 11) is 0. The molecule has 1 saturated heterocycles. The number of aliphatic imine (C=N–C) groups is 1. The van der Waals surface area contributed by atoms with Gasteiger partial charge in [0.2, 0.25) is 0 Å². The molecule has 1 aliphatic rings. The predicted octanol–water partition coefficient (Wildman–Crippen LogP) is 2.78. The van der Waals surface area contributed by atoms with Crippen LogP contribution in [0, 0.1) is 5.82 Å². The number of nitrogens with two attached hydrogens (primary N) is 1. The van der Waals surface area contributed by atoms with Crippen molar-refractivity contribution in [1.82, 2.24) is 15.2 Å².